The van der Waals surface area contributed by atoms with E-state index in [4.69, 9.17) is 40.5 Å². The summed E-state index contributed by atoms with van der Waals surface area (Å²) in [5.41, 5.74) is 5.32. The number of amides is 1. The summed E-state index contributed by atoms with van der Waals surface area (Å²) in [6.07, 6.45) is 0. The van der Waals surface area contributed by atoms with Gasteiger partial charge in [0.25, 0.3) is 0 Å². The number of nitrogen functional groups attached to an aromatic ring is 1. The quantitative estimate of drug-likeness (QED) is 0.315. The Morgan fingerprint density at radius 1 is 1.00 bits per heavy atom. The van der Waals surface area contributed by atoms with Crippen LogP contribution in [-0.2, 0) is 9.59 Å². The molecule has 2 aromatic heterocycles. The lowest BCUT2D eigenvalue weighted by atomic mass is 10.4. The van der Waals surface area contributed by atoms with Gasteiger partial charge in [-0.15, -0.1) is 23.2 Å². The first-order chi connectivity index (χ1) is 11.8. The van der Waals surface area contributed by atoms with E-state index in [-0.39, 0.29) is 25.1 Å². The average Bonchev–Trinajstić information content (AvgIpc) is 2.55. The number of nitrogens with zero attached hydrogens (tertiary/aromatic N) is 2. The predicted octanol–water partition coefficient (Wildman–Crippen LogP) is 5.07. The first-order valence-electron chi connectivity index (χ1n) is 6.39. The van der Waals surface area contributed by atoms with Crippen molar-refractivity contribution in [2.45, 2.75) is 7.43 Å². The zero-order chi connectivity index (χ0) is 19.2. The summed E-state index contributed by atoms with van der Waals surface area (Å²) in [6, 6.07) is 10.7. The molecule has 3 N–H and O–H groups in total. The number of nitrogens with one attached hydrogen (secondary N) is 1. The van der Waals surface area contributed by atoms with Gasteiger partial charge < -0.3 is 11.1 Å². The molecule has 0 aliphatic heterocycles. The molecule has 0 spiro atoms. The summed E-state index contributed by atoms with van der Waals surface area (Å²) in [6.45, 7) is 0. The van der Waals surface area contributed by atoms with Gasteiger partial charge in [-0.1, -0.05) is 19.6 Å². The van der Waals surface area contributed by atoms with Crippen molar-refractivity contribution < 1.29 is 9.59 Å². The van der Waals surface area contributed by atoms with Crippen molar-refractivity contribution in [2.75, 3.05) is 22.8 Å². The van der Waals surface area contributed by atoms with Crippen LogP contribution in [0.2, 0.25) is 0 Å². The SMILES string of the molecule is C.Nc1cccc(Br)n1.O=C(CCl)Nc1cccc(Br)n1.O=C(Cl)CCl. The molecule has 11 heteroatoms. The highest BCUT2D eigenvalue weighted by atomic mass is 79.9. The lowest BCUT2D eigenvalue weighted by Crippen LogP contribution is -2.13. The molecule has 0 aromatic carbocycles. The molecule has 2 aromatic rings. The molecule has 0 unspecified atom stereocenters. The molecule has 0 aliphatic carbocycles. The van der Waals surface area contributed by atoms with Gasteiger partial charge in [-0.2, -0.15) is 0 Å². The molecule has 6 nitrogen and oxygen atoms in total. The van der Waals surface area contributed by atoms with E-state index in [1.54, 1.807) is 24.3 Å². The number of alkyl halides is 2. The zero-order valence-corrected chi connectivity index (χ0v) is 18.0. The van der Waals surface area contributed by atoms with Crippen molar-refractivity contribution >= 4 is 89.4 Å². The van der Waals surface area contributed by atoms with Crippen LogP contribution in [0.15, 0.2) is 45.6 Å². The molecule has 0 aliphatic rings. The van der Waals surface area contributed by atoms with Gasteiger partial charge >= 0.3 is 0 Å². The Labute approximate surface area is 184 Å². The third-order valence-electron chi connectivity index (χ3n) is 1.95. The van der Waals surface area contributed by atoms with Crippen LogP contribution in [0, 0.1) is 0 Å². The molecule has 0 radical (unpaired) electrons. The third-order valence-corrected chi connectivity index (χ3v) is 3.58. The monoisotopic (exact) mass is 548 g/mol. The maximum atomic E-state index is 10.8. The summed E-state index contributed by atoms with van der Waals surface area (Å²) < 4.78 is 1.45. The highest BCUT2D eigenvalue weighted by Crippen LogP contribution is 2.09. The highest BCUT2D eigenvalue weighted by Gasteiger charge is 2.00. The fourth-order valence-electron chi connectivity index (χ4n) is 1.08. The van der Waals surface area contributed by atoms with Gasteiger partial charge in [-0.05, 0) is 67.7 Å². The molecule has 2 heterocycles. The van der Waals surface area contributed by atoms with Crippen LogP contribution >= 0.6 is 66.7 Å². The van der Waals surface area contributed by atoms with E-state index in [0.29, 0.717) is 16.2 Å². The van der Waals surface area contributed by atoms with Crippen molar-refractivity contribution in [2.24, 2.45) is 0 Å². The van der Waals surface area contributed by atoms with Crippen molar-refractivity contribution in [3.63, 3.8) is 0 Å². The number of carbonyl (C=O) groups is 2. The first-order valence-corrected chi connectivity index (χ1v) is 9.42. The highest BCUT2D eigenvalue weighted by molar-refractivity contribution is 9.10. The molecule has 1 amide bonds. The van der Waals surface area contributed by atoms with Gasteiger partial charge in [0.15, 0.2) is 0 Å². The van der Waals surface area contributed by atoms with Crippen molar-refractivity contribution in [1.29, 1.82) is 0 Å². The molecular formula is C15H17Br2Cl3N4O2. The minimum atomic E-state index is -0.508. The summed E-state index contributed by atoms with van der Waals surface area (Å²) in [5, 5.41) is 2.01. The Hall–Kier alpha value is -0.930. The number of nitrogens with two attached hydrogens (primary N) is 1. The number of hydrogen-bond acceptors (Lipinski definition) is 5. The van der Waals surface area contributed by atoms with Gasteiger partial charge in [0.1, 0.15) is 26.7 Å². The lowest BCUT2D eigenvalue weighted by molar-refractivity contribution is -0.114. The molecule has 0 bridgehead atoms. The number of pyridine rings is 2. The third kappa shape index (κ3) is 15.3. The number of aromatic nitrogens is 2. The largest absolute Gasteiger partial charge is 0.384 e. The maximum absolute atomic E-state index is 10.8. The van der Waals surface area contributed by atoms with Gasteiger partial charge in [0.2, 0.25) is 11.1 Å². The van der Waals surface area contributed by atoms with Crippen LogP contribution < -0.4 is 11.1 Å². The average molecular weight is 551 g/mol. The van der Waals surface area contributed by atoms with E-state index >= 15 is 0 Å². The Bertz CT molecular complexity index is 676. The second-order valence-electron chi connectivity index (χ2n) is 3.90. The van der Waals surface area contributed by atoms with Crippen molar-refractivity contribution in [3.8, 4) is 0 Å². The summed E-state index contributed by atoms with van der Waals surface area (Å²) >= 11 is 21.2. The van der Waals surface area contributed by atoms with Crippen LogP contribution in [0.3, 0.4) is 0 Å². The summed E-state index contributed by atoms with van der Waals surface area (Å²) in [4.78, 5) is 28.1. The minimum Gasteiger partial charge on any atom is -0.384 e. The predicted molar refractivity (Wildman–Crippen MR) is 116 cm³/mol. The van der Waals surface area contributed by atoms with Gasteiger partial charge in [0, 0.05) is 0 Å². The van der Waals surface area contributed by atoms with E-state index in [9.17, 15) is 9.59 Å². The van der Waals surface area contributed by atoms with Gasteiger partial charge in [-0.3, -0.25) is 9.59 Å². The number of halogens is 5. The summed E-state index contributed by atoms with van der Waals surface area (Å²) in [7, 11) is 0. The van der Waals surface area contributed by atoms with E-state index in [1.165, 1.54) is 0 Å². The van der Waals surface area contributed by atoms with Crippen LogP contribution in [0.1, 0.15) is 7.43 Å². The normalized spacial score (nSPS) is 8.65. The van der Waals surface area contributed by atoms with Crippen LogP contribution in [0.4, 0.5) is 11.6 Å². The number of carbonyl (C=O) groups excluding carboxylic acids is 2. The maximum Gasteiger partial charge on any atom is 0.240 e. The van der Waals surface area contributed by atoms with Crippen LogP contribution in [0.5, 0.6) is 0 Å². The van der Waals surface area contributed by atoms with E-state index in [2.05, 4.69) is 47.1 Å². The molecule has 0 saturated carbocycles. The Morgan fingerprint density at radius 2 is 1.50 bits per heavy atom. The van der Waals surface area contributed by atoms with Crippen molar-refractivity contribution in [1.82, 2.24) is 9.97 Å². The smallest absolute Gasteiger partial charge is 0.240 e. The molecule has 0 saturated heterocycles. The Kier molecular flexibility index (Phi) is 17.1. The topological polar surface area (TPSA) is 98.0 Å². The molecule has 2 rings (SSSR count). The molecule has 26 heavy (non-hydrogen) atoms. The van der Waals surface area contributed by atoms with Crippen LogP contribution in [0.25, 0.3) is 0 Å². The minimum absolute atomic E-state index is 0. The Balaban J connectivity index is 0. The van der Waals surface area contributed by atoms with E-state index < -0.39 is 5.24 Å². The fourth-order valence-corrected chi connectivity index (χ4v) is 1.85. The number of anilines is 2. The van der Waals surface area contributed by atoms with Gasteiger partial charge in [-0.25, -0.2) is 9.97 Å². The number of hydrogen-bond donors (Lipinski definition) is 2. The standard InChI is InChI=1S/C7H6BrClN2O.C5H5BrN2.C2H2Cl2O.CH4/c8-5-2-1-3-6(10-5)11-7(12)4-9;6-4-2-1-3-5(7)8-4;3-1-2(4)5;/h1-3H,4H2,(H,10,11,12);1-3H,(H2,7,8);1H2;1H4. The fraction of sp³-hybridized carbons (Fsp3) is 0.200. The summed E-state index contributed by atoms with van der Waals surface area (Å²) in [5.74, 6) is 0.618. The molecular weight excluding hydrogens is 534 g/mol. The van der Waals surface area contributed by atoms with E-state index in [1.807, 2.05) is 12.1 Å². The molecule has 144 valence electrons. The number of rotatable bonds is 3. The second kappa shape index (κ2) is 16.3. The van der Waals surface area contributed by atoms with Crippen LogP contribution in [-0.4, -0.2) is 32.9 Å². The Morgan fingerprint density at radius 3 is 1.85 bits per heavy atom. The second-order valence-corrected chi connectivity index (χ2v) is 6.48. The zero-order valence-electron chi connectivity index (χ0n) is 12.6. The molecule has 0 fully saturated rings. The first kappa shape index (κ1) is 27.3. The molecule has 0 atom stereocenters. The lowest BCUT2D eigenvalue weighted by Gasteiger charge is -2.00. The van der Waals surface area contributed by atoms with Gasteiger partial charge in [0.05, 0.1) is 5.88 Å². The van der Waals surface area contributed by atoms with E-state index in [0.717, 1.165) is 4.60 Å². The van der Waals surface area contributed by atoms with Crippen molar-refractivity contribution in [3.05, 3.63) is 45.6 Å².